The molecule has 1 saturated carbocycles. The van der Waals surface area contributed by atoms with Gasteiger partial charge < -0.3 is 10.6 Å². The van der Waals surface area contributed by atoms with E-state index in [4.69, 9.17) is 0 Å². The average molecular weight is 359 g/mol. The van der Waals surface area contributed by atoms with Crippen molar-refractivity contribution in [2.24, 2.45) is 7.05 Å². The van der Waals surface area contributed by atoms with Gasteiger partial charge in [0.1, 0.15) is 0 Å². The Morgan fingerprint density at radius 2 is 2.08 bits per heavy atom. The summed E-state index contributed by atoms with van der Waals surface area (Å²) in [6.07, 6.45) is 11.4. The van der Waals surface area contributed by atoms with Crippen LogP contribution in [0.4, 0.5) is 10.5 Å². The largest absolute Gasteiger partial charge is 0.331 e. The summed E-state index contributed by atoms with van der Waals surface area (Å²) in [5, 5.41) is 13.0. The summed E-state index contributed by atoms with van der Waals surface area (Å²) in [5.74, 6) is 0.475. The third-order valence-electron chi connectivity index (χ3n) is 5.45. The fourth-order valence-corrected chi connectivity index (χ4v) is 5.22. The number of nitrogens with zero attached hydrogens (tertiary/aromatic N) is 2. The molecule has 0 radical (unpaired) electrons. The molecule has 2 aliphatic rings. The Morgan fingerprint density at radius 1 is 1.24 bits per heavy atom. The molecule has 2 N–H and O–H groups in total. The highest BCUT2D eigenvalue weighted by Crippen LogP contribution is 2.36. The second-order valence-corrected chi connectivity index (χ2v) is 8.28. The van der Waals surface area contributed by atoms with Gasteiger partial charge in [-0.1, -0.05) is 19.3 Å². The smallest absolute Gasteiger partial charge is 0.319 e. The SMILES string of the molecule is Cn1cc(NC(=O)NC2CCCc3sccc32)c(C2CCCCC2)n1. The van der Waals surface area contributed by atoms with Gasteiger partial charge in [-0.2, -0.15) is 5.10 Å². The van der Waals surface area contributed by atoms with Gasteiger partial charge in [0.05, 0.1) is 17.4 Å². The Hall–Kier alpha value is -1.82. The number of amides is 2. The number of thiophene rings is 1. The Kier molecular flexibility index (Phi) is 4.79. The van der Waals surface area contributed by atoms with Gasteiger partial charge >= 0.3 is 6.03 Å². The molecule has 0 spiro atoms. The lowest BCUT2D eigenvalue weighted by molar-refractivity contribution is 0.247. The molecule has 0 bridgehead atoms. The average Bonchev–Trinajstić information content (AvgIpc) is 3.23. The van der Waals surface area contributed by atoms with Crippen LogP contribution in [0.2, 0.25) is 0 Å². The second-order valence-electron chi connectivity index (χ2n) is 7.28. The highest BCUT2D eigenvalue weighted by Gasteiger charge is 2.25. The molecule has 2 heterocycles. The van der Waals surface area contributed by atoms with Gasteiger partial charge in [-0.15, -0.1) is 11.3 Å². The van der Waals surface area contributed by atoms with Crippen LogP contribution in [0, 0.1) is 0 Å². The van der Waals surface area contributed by atoms with Crippen molar-refractivity contribution in [2.45, 2.75) is 63.3 Å². The predicted octanol–water partition coefficient (Wildman–Crippen LogP) is 4.73. The molecule has 0 aromatic carbocycles. The summed E-state index contributed by atoms with van der Waals surface area (Å²) in [6.45, 7) is 0. The van der Waals surface area contributed by atoms with E-state index in [2.05, 4.69) is 27.2 Å². The van der Waals surface area contributed by atoms with Crippen LogP contribution < -0.4 is 10.6 Å². The molecular formula is C19H26N4OS. The van der Waals surface area contributed by atoms with Gasteiger partial charge in [-0.25, -0.2) is 4.79 Å². The maximum atomic E-state index is 12.6. The Labute approximate surface area is 152 Å². The zero-order chi connectivity index (χ0) is 17.2. The fourth-order valence-electron chi connectivity index (χ4n) is 4.23. The minimum atomic E-state index is -0.117. The first-order valence-corrected chi connectivity index (χ1v) is 10.3. The number of urea groups is 1. The van der Waals surface area contributed by atoms with Gasteiger partial charge in [0.25, 0.3) is 0 Å². The summed E-state index contributed by atoms with van der Waals surface area (Å²) in [6, 6.07) is 2.17. The van der Waals surface area contributed by atoms with E-state index in [0.717, 1.165) is 30.6 Å². The van der Waals surface area contributed by atoms with Crippen LogP contribution in [-0.2, 0) is 13.5 Å². The molecule has 4 rings (SSSR count). The topological polar surface area (TPSA) is 59.0 Å². The van der Waals surface area contributed by atoms with Gasteiger partial charge in [-0.3, -0.25) is 4.68 Å². The molecule has 1 atom stereocenters. The molecule has 2 amide bonds. The van der Waals surface area contributed by atoms with E-state index in [1.807, 2.05) is 17.9 Å². The molecule has 0 saturated heterocycles. The first-order valence-electron chi connectivity index (χ1n) is 9.38. The van der Waals surface area contributed by atoms with Crippen LogP contribution in [0.3, 0.4) is 0 Å². The Bertz CT molecular complexity index is 744. The van der Waals surface area contributed by atoms with Crippen LogP contribution in [0.1, 0.15) is 73.0 Å². The molecule has 134 valence electrons. The first-order chi connectivity index (χ1) is 12.2. The van der Waals surface area contributed by atoms with Crippen molar-refractivity contribution < 1.29 is 4.79 Å². The lowest BCUT2D eigenvalue weighted by atomic mass is 9.86. The first kappa shape index (κ1) is 16.6. The van der Waals surface area contributed by atoms with E-state index in [1.165, 1.54) is 42.5 Å². The van der Waals surface area contributed by atoms with Crippen molar-refractivity contribution in [3.05, 3.63) is 33.8 Å². The van der Waals surface area contributed by atoms with E-state index in [9.17, 15) is 4.79 Å². The highest BCUT2D eigenvalue weighted by molar-refractivity contribution is 7.10. The number of nitrogens with one attached hydrogen (secondary N) is 2. The standard InChI is InChI=1S/C19H26N4OS/c1-23-12-16(18(22-23)13-6-3-2-4-7-13)21-19(24)20-15-8-5-9-17-14(15)10-11-25-17/h10-13,15H,2-9H2,1H3,(H2,20,21,24). The third-order valence-corrected chi connectivity index (χ3v) is 6.45. The van der Waals surface area contributed by atoms with Crippen LogP contribution >= 0.6 is 11.3 Å². The van der Waals surface area contributed by atoms with E-state index in [-0.39, 0.29) is 12.1 Å². The number of fused-ring (bicyclic) bond motifs is 1. The number of hydrogen-bond donors (Lipinski definition) is 2. The van der Waals surface area contributed by atoms with Gasteiger partial charge in [0.15, 0.2) is 0 Å². The molecule has 1 unspecified atom stereocenters. The molecule has 25 heavy (non-hydrogen) atoms. The summed E-state index contributed by atoms with van der Waals surface area (Å²) in [5.41, 5.74) is 3.22. The van der Waals surface area contributed by atoms with Gasteiger partial charge in [-0.05, 0) is 49.1 Å². The third kappa shape index (κ3) is 3.59. The quantitative estimate of drug-likeness (QED) is 0.833. The number of hydrogen-bond acceptors (Lipinski definition) is 3. The summed E-state index contributed by atoms with van der Waals surface area (Å²) < 4.78 is 1.82. The molecule has 2 aromatic rings. The molecule has 1 fully saturated rings. The van der Waals surface area contributed by atoms with Crippen molar-refractivity contribution in [3.63, 3.8) is 0 Å². The van der Waals surface area contributed by atoms with Crippen molar-refractivity contribution in [1.82, 2.24) is 15.1 Å². The highest BCUT2D eigenvalue weighted by atomic mass is 32.1. The lowest BCUT2D eigenvalue weighted by Crippen LogP contribution is -2.34. The van der Waals surface area contributed by atoms with E-state index < -0.39 is 0 Å². The maximum Gasteiger partial charge on any atom is 0.319 e. The van der Waals surface area contributed by atoms with Crippen molar-refractivity contribution in [3.8, 4) is 0 Å². The molecule has 2 aromatic heterocycles. The van der Waals surface area contributed by atoms with Crippen LogP contribution in [0.25, 0.3) is 0 Å². The molecule has 6 heteroatoms. The van der Waals surface area contributed by atoms with Crippen molar-refractivity contribution in [2.75, 3.05) is 5.32 Å². The minimum Gasteiger partial charge on any atom is -0.331 e. The number of anilines is 1. The summed E-state index contributed by atoms with van der Waals surface area (Å²) >= 11 is 1.80. The molecular weight excluding hydrogens is 332 g/mol. The van der Waals surface area contributed by atoms with Crippen molar-refractivity contribution >= 4 is 23.1 Å². The normalized spacial score (nSPS) is 20.9. The minimum absolute atomic E-state index is 0.117. The Morgan fingerprint density at radius 3 is 2.92 bits per heavy atom. The number of rotatable bonds is 3. The van der Waals surface area contributed by atoms with Crippen molar-refractivity contribution in [1.29, 1.82) is 0 Å². The lowest BCUT2D eigenvalue weighted by Gasteiger charge is -2.24. The molecule has 5 nitrogen and oxygen atoms in total. The van der Waals surface area contributed by atoms with Crippen LogP contribution in [-0.4, -0.2) is 15.8 Å². The Balaban J connectivity index is 1.45. The van der Waals surface area contributed by atoms with Crippen LogP contribution in [0.5, 0.6) is 0 Å². The number of aryl methyl sites for hydroxylation is 2. The number of aromatic nitrogens is 2. The van der Waals surface area contributed by atoms with Crippen LogP contribution in [0.15, 0.2) is 17.6 Å². The number of carbonyl (C=O) groups is 1. The van der Waals surface area contributed by atoms with E-state index in [0.29, 0.717) is 5.92 Å². The maximum absolute atomic E-state index is 12.6. The zero-order valence-electron chi connectivity index (χ0n) is 14.8. The van der Waals surface area contributed by atoms with E-state index in [1.54, 1.807) is 11.3 Å². The molecule has 2 aliphatic carbocycles. The number of carbonyl (C=O) groups excluding carboxylic acids is 1. The fraction of sp³-hybridized carbons (Fsp3) is 0.579. The van der Waals surface area contributed by atoms with Gasteiger partial charge in [0.2, 0.25) is 0 Å². The second kappa shape index (κ2) is 7.20. The predicted molar refractivity (Wildman–Crippen MR) is 101 cm³/mol. The van der Waals surface area contributed by atoms with Gasteiger partial charge in [0, 0.05) is 24.0 Å². The molecule has 0 aliphatic heterocycles. The summed E-state index contributed by atoms with van der Waals surface area (Å²) in [7, 11) is 1.92. The monoisotopic (exact) mass is 358 g/mol. The summed E-state index contributed by atoms with van der Waals surface area (Å²) in [4.78, 5) is 14.0. The zero-order valence-corrected chi connectivity index (χ0v) is 15.6. The van der Waals surface area contributed by atoms with E-state index >= 15 is 0 Å².